The van der Waals surface area contributed by atoms with Crippen LogP contribution in [0.2, 0.25) is 0 Å². The number of nitrogens with one attached hydrogen (secondary N) is 2. The Bertz CT molecular complexity index is 989. The van der Waals surface area contributed by atoms with Crippen molar-refractivity contribution >= 4 is 17.6 Å². The quantitative estimate of drug-likeness (QED) is 0.461. The SMILES string of the molecule is CCOc1ccccc1NC(=NCc1ccncc1)NC(=O)c1ccc(OC)cc1. The van der Waals surface area contributed by atoms with Crippen molar-refractivity contribution in [2.24, 2.45) is 4.99 Å². The molecule has 0 radical (unpaired) electrons. The molecule has 3 aromatic rings. The minimum absolute atomic E-state index is 0.285. The summed E-state index contributed by atoms with van der Waals surface area (Å²) < 4.78 is 10.8. The minimum Gasteiger partial charge on any atom is -0.497 e. The van der Waals surface area contributed by atoms with Gasteiger partial charge in [-0.1, -0.05) is 12.1 Å². The van der Waals surface area contributed by atoms with Crippen LogP contribution in [0.3, 0.4) is 0 Å². The van der Waals surface area contributed by atoms with Crippen molar-refractivity contribution in [2.45, 2.75) is 13.5 Å². The highest BCUT2D eigenvalue weighted by molar-refractivity contribution is 6.10. The number of carbonyl (C=O) groups excluding carboxylic acids is 1. The van der Waals surface area contributed by atoms with Crippen LogP contribution in [0.1, 0.15) is 22.8 Å². The fourth-order valence-corrected chi connectivity index (χ4v) is 2.67. The van der Waals surface area contributed by atoms with Crippen molar-refractivity contribution in [3.8, 4) is 11.5 Å². The second-order valence-electron chi connectivity index (χ2n) is 6.26. The number of pyridine rings is 1. The second kappa shape index (κ2) is 10.6. The van der Waals surface area contributed by atoms with Crippen molar-refractivity contribution in [3.63, 3.8) is 0 Å². The molecule has 1 amide bonds. The molecule has 0 bridgehead atoms. The molecule has 7 nitrogen and oxygen atoms in total. The molecule has 0 aliphatic heterocycles. The van der Waals surface area contributed by atoms with Gasteiger partial charge >= 0.3 is 0 Å². The summed E-state index contributed by atoms with van der Waals surface area (Å²) in [5, 5.41) is 6.03. The lowest BCUT2D eigenvalue weighted by Gasteiger charge is -2.15. The van der Waals surface area contributed by atoms with E-state index in [1.165, 1.54) is 0 Å². The number of aliphatic imine (C=N–C) groups is 1. The molecule has 7 heteroatoms. The van der Waals surface area contributed by atoms with Gasteiger partial charge in [0.05, 0.1) is 25.9 Å². The number of guanidine groups is 1. The van der Waals surface area contributed by atoms with Crippen LogP contribution in [-0.4, -0.2) is 30.6 Å². The van der Waals surface area contributed by atoms with Crippen LogP contribution in [0, 0.1) is 0 Å². The monoisotopic (exact) mass is 404 g/mol. The number of nitrogens with zero attached hydrogens (tertiary/aromatic N) is 2. The maximum absolute atomic E-state index is 12.8. The molecule has 0 fully saturated rings. The van der Waals surface area contributed by atoms with Crippen molar-refractivity contribution in [1.82, 2.24) is 10.3 Å². The molecule has 0 atom stereocenters. The highest BCUT2D eigenvalue weighted by atomic mass is 16.5. The molecule has 0 saturated heterocycles. The third-order valence-electron chi connectivity index (χ3n) is 4.19. The zero-order valence-corrected chi connectivity index (χ0v) is 17.0. The molecule has 0 saturated carbocycles. The number of para-hydroxylation sites is 2. The lowest BCUT2D eigenvalue weighted by molar-refractivity contribution is 0.0977. The fourth-order valence-electron chi connectivity index (χ4n) is 2.67. The van der Waals surface area contributed by atoms with Gasteiger partial charge in [-0.15, -0.1) is 0 Å². The van der Waals surface area contributed by atoms with Crippen LogP contribution in [-0.2, 0) is 6.54 Å². The normalized spacial score (nSPS) is 10.9. The summed E-state index contributed by atoms with van der Waals surface area (Å²) in [7, 11) is 1.58. The predicted octanol–water partition coefficient (Wildman–Crippen LogP) is 3.89. The van der Waals surface area contributed by atoms with Crippen LogP contribution in [0.25, 0.3) is 0 Å². The summed E-state index contributed by atoms with van der Waals surface area (Å²) in [5.74, 6) is 1.39. The molecule has 154 valence electrons. The van der Waals surface area contributed by atoms with Crippen LogP contribution < -0.4 is 20.1 Å². The first-order valence-electron chi connectivity index (χ1n) is 9.57. The summed E-state index contributed by atoms with van der Waals surface area (Å²) in [6.07, 6.45) is 3.41. The Morgan fingerprint density at radius 2 is 1.77 bits per heavy atom. The van der Waals surface area contributed by atoms with E-state index < -0.39 is 0 Å². The van der Waals surface area contributed by atoms with E-state index in [9.17, 15) is 4.79 Å². The average Bonchev–Trinajstić information content (AvgIpc) is 2.79. The number of hydrogen-bond donors (Lipinski definition) is 2. The van der Waals surface area contributed by atoms with Gasteiger partial charge in [-0.3, -0.25) is 15.1 Å². The zero-order chi connectivity index (χ0) is 21.2. The number of benzene rings is 2. The van der Waals surface area contributed by atoms with Gasteiger partial charge in [0, 0.05) is 18.0 Å². The summed E-state index contributed by atoms with van der Waals surface area (Å²) in [6, 6.07) is 18.1. The first kappa shape index (κ1) is 20.9. The summed E-state index contributed by atoms with van der Waals surface area (Å²) >= 11 is 0. The smallest absolute Gasteiger partial charge is 0.257 e. The van der Waals surface area contributed by atoms with Crippen LogP contribution in [0.5, 0.6) is 11.5 Å². The van der Waals surface area contributed by atoms with E-state index in [-0.39, 0.29) is 5.91 Å². The molecule has 0 spiro atoms. The largest absolute Gasteiger partial charge is 0.497 e. The minimum atomic E-state index is -0.285. The van der Waals surface area contributed by atoms with E-state index in [0.29, 0.717) is 41.9 Å². The van der Waals surface area contributed by atoms with Crippen LogP contribution >= 0.6 is 0 Å². The lowest BCUT2D eigenvalue weighted by Crippen LogP contribution is -2.36. The lowest BCUT2D eigenvalue weighted by atomic mass is 10.2. The number of ether oxygens (including phenoxy) is 2. The first-order chi connectivity index (χ1) is 14.7. The maximum Gasteiger partial charge on any atom is 0.257 e. The van der Waals surface area contributed by atoms with Crippen LogP contribution in [0.15, 0.2) is 78.0 Å². The molecule has 30 heavy (non-hydrogen) atoms. The van der Waals surface area contributed by atoms with E-state index in [1.54, 1.807) is 43.8 Å². The number of amides is 1. The first-order valence-corrected chi connectivity index (χ1v) is 9.57. The highest BCUT2D eigenvalue weighted by Crippen LogP contribution is 2.23. The molecule has 0 aliphatic carbocycles. The van der Waals surface area contributed by atoms with Gasteiger partial charge in [0.25, 0.3) is 5.91 Å². The number of methoxy groups -OCH3 is 1. The topological polar surface area (TPSA) is 84.8 Å². The highest BCUT2D eigenvalue weighted by Gasteiger charge is 2.12. The third-order valence-corrected chi connectivity index (χ3v) is 4.19. The predicted molar refractivity (Wildman–Crippen MR) is 117 cm³/mol. The number of aromatic nitrogens is 1. The van der Waals surface area contributed by atoms with Crippen LogP contribution in [0.4, 0.5) is 5.69 Å². The Morgan fingerprint density at radius 3 is 2.47 bits per heavy atom. The zero-order valence-electron chi connectivity index (χ0n) is 17.0. The molecule has 1 heterocycles. The maximum atomic E-state index is 12.8. The van der Waals surface area contributed by atoms with Gasteiger partial charge in [-0.25, -0.2) is 4.99 Å². The van der Waals surface area contributed by atoms with Crippen molar-refractivity contribution in [3.05, 3.63) is 84.2 Å². The van der Waals surface area contributed by atoms with Gasteiger partial charge in [-0.2, -0.15) is 0 Å². The summed E-state index contributed by atoms with van der Waals surface area (Å²) in [4.78, 5) is 21.3. The summed E-state index contributed by atoms with van der Waals surface area (Å²) in [6.45, 7) is 2.83. The molecule has 2 N–H and O–H groups in total. The van der Waals surface area contributed by atoms with E-state index in [2.05, 4.69) is 20.6 Å². The average molecular weight is 404 g/mol. The van der Waals surface area contributed by atoms with E-state index in [4.69, 9.17) is 9.47 Å². The Hall–Kier alpha value is -3.87. The standard InChI is InChI=1S/C23H24N4O3/c1-3-30-21-7-5-4-6-20(21)26-23(25-16-17-12-14-24-15-13-17)27-22(28)18-8-10-19(29-2)11-9-18/h4-15H,3,16H2,1-2H3,(H2,25,26,27,28). The van der Waals surface area contributed by atoms with Crippen molar-refractivity contribution in [2.75, 3.05) is 19.0 Å². The van der Waals surface area contributed by atoms with E-state index in [0.717, 1.165) is 5.56 Å². The number of hydrogen-bond acceptors (Lipinski definition) is 5. The van der Waals surface area contributed by atoms with Gasteiger partial charge in [-0.05, 0) is 61.0 Å². The van der Waals surface area contributed by atoms with Crippen molar-refractivity contribution < 1.29 is 14.3 Å². The molecule has 0 unspecified atom stereocenters. The Morgan fingerprint density at radius 1 is 1.03 bits per heavy atom. The molecular weight excluding hydrogens is 380 g/mol. The number of anilines is 1. The molecule has 2 aromatic carbocycles. The summed E-state index contributed by atoms with van der Waals surface area (Å²) in [5.41, 5.74) is 2.18. The number of rotatable bonds is 7. The Balaban J connectivity index is 1.82. The van der Waals surface area contributed by atoms with Gasteiger partial charge in [0.1, 0.15) is 11.5 Å². The van der Waals surface area contributed by atoms with Gasteiger partial charge in [0.2, 0.25) is 5.96 Å². The van der Waals surface area contributed by atoms with Gasteiger partial charge in [0.15, 0.2) is 0 Å². The van der Waals surface area contributed by atoms with Gasteiger partial charge < -0.3 is 14.8 Å². The fraction of sp³-hybridized carbons (Fsp3) is 0.174. The van der Waals surface area contributed by atoms with Crippen molar-refractivity contribution in [1.29, 1.82) is 0 Å². The van der Waals surface area contributed by atoms with E-state index >= 15 is 0 Å². The molecule has 1 aromatic heterocycles. The molecule has 0 aliphatic rings. The third kappa shape index (κ3) is 5.81. The molecule has 3 rings (SSSR count). The Kier molecular flexibility index (Phi) is 7.38. The number of carbonyl (C=O) groups is 1. The second-order valence-corrected chi connectivity index (χ2v) is 6.26. The van der Waals surface area contributed by atoms with E-state index in [1.807, 2.05) is 43.3 Å². The molecular formula is C23H24N4O3. The Labute approximate surface area is 175 Å².